The van der Waals surface area contributed by atoms with Crippen LogP contribution in [-0.2, 0) is 4.74 Å². The van der Waals surface area contributed by atoms with Crippen molar-refractivity contribution in [3.05, 3.63) is 36.7 Å². The first-order valence-corrected chi connectivity index (χ1v) is 7.37. The maximum Gasteiger partial charge on any atom is 0.0857 e. The largest absolute Gasteiger partial charge is 0.399 e. The summed E-state index contributed by atoms with van der Waals surface area (Å²) in [6.07, 6.45) is 4.94. The second kappa shape index (κ2) is 4.60. The van der Waals surface area contributed by atoms with Gasteiger partial charge in [0.25, 0.3) is 0 Å². The van der Waals surface area contributed by atoms with Crippen molar-refractivity contribution in [1.82, 2.24) is 9.78 Å². The van der Waals surface area contributed by atoms with Gasteiger partial charge in [-0.15, -0.1) is 0 Å². The fraction of sp³-hybridized carbons (Fsp3) is 0.471. The van der Waals surface area contributed by atoms with Crippen LogP contribution in [0.3, 0.4) is 0 Å². The SMILES string of the molecule is CC1(C)CC(n2cc(-c3cccc(N)c3)cn2)C(C)(C)O1. The molecule has 1 fully saturated rings. The van der Waals surface area contributed by atoms with Crippen molar-refractivity contribution in [2.75, 3.05) is 5.73 Å². The number of hydrogen-bond acceptors (Lipinski definition) is 3. The highest BCUT2D eigenvalue weighted by molar-refractivity contribution is 5.65. The second-order valence-corrected chi connectivity index (χ2v) is 7.02. The van der Waals surface area contributed by atoms with Gasteiger partial charge in [0.2, 0.25) is 0 Å². The van der Waals surface area contributed by atoms with Crippen LogP contribution in [0.15, 0.2) is 36.7 Å². The first-order chi connectivity index (χ1) is 9.77. The molecule has 1 aromatic heterocycles. The van der Waals surface area contributed by atoms with Crippen LogP contribution in [0.4, 0.5) is 5.69 Å². The fourth-order valence-corrected chi connectivity index (χ4v) is 3.32. The minimum atomic E-state index is -0.220. The molecule has 1 aliphatic rings. The van der Waals surface area contributed by atoms with Gasteiger partial charge in [0, 0.05) is 23.9 Å². The molecular formula is C17H23N3O. The van der Waals surface area contributed by atoms with Gasteiger partial charge in [-0.3, -0.25) is 4.68 Å². The average Bonchev–Trinajstić information content (AvgIpc) is 2.91. The van der Waals surface area contributed by atoms with Crippen molar-refractivity contribution in [1.29, 1.82) is 0 Å². The van der Waals surface area contributed by atoms with Crippen LogP contribution in [0.1, 0.15) is 40.2 Å². The molecule has 0 radical (unpaired) electrons. The van der Waals surface area contributed by atoms with E-state index in [0.717, 1.165) is 23.2 Å². The van der Waals surface area contributed by atoms with E-state index in [0.29, 0.717) is 0 Å². The molecule has 3 rings (SSSR count). The smallest absolute Gasteiger partial charge is 0.0857 e. The van der Waals surface area contributed by atoms with Crippen LogP contribution in [-0.4, -0.2) is 21.0 Å². The summed E-state index contributed by atoms with van der Waals surface area (Å²) in [5.74, 6) is 0. The van der Waals surface area contributed by atoms with E-state index in [9.17, 15) is 0 Å². The molecule has 112 valence electrons. The number of rotatable bonds is 2. The summed E-state index contributed by atoms with van der Waals surface area (Å²) in [7, 11) is 0. The van der Waals surface area contributed by atoms with E-state index in [1.54, 1.807) is 0 Å². The third kappa shape index (κ3) is 2.68. The number of nitrogens with zero attached hydrogens (tertiary/aromatic N) is 2. The molecule has 0 amide bonds. The molecule has 1 saturated heterocycles. The predicted octanol–water partition coefficient (Wildman–Crippen LogP) is 3.65. The molecule has 0 spiro atoms. The van der Waals surface area contributed by atoms with Crippen LogP contribution < -0.4 is 5.73 Å². The van der Waals surface area contributed by atoms with Crippen molar-refractivity contribution < 1.29 is 4.74 Å². The van der Waals surface area contributed by atoms with Crippen molar-refractivity contribution in [3.8, 4) is 11.1 Å². The zero-order chi connectivity index (χ0) is 15.3. The Bertz CT molecular complexity index is 658. The fourth-order valence-electron chi connectivity index (χ4n) is 3.32. The molecule has 1 unspecified atom stereocenters. The van der Waals surface area contributed by atoms with E-state index in [1.165, 1.54) is 0 Å². The van der Waals surface area contributed by atoms with Crippen LogP contribution in [0.2, 0.25) is 0 Å². The van der Waals surface area contributed by atoms with Gasteiger partial charge in [-0.05, 0) is 45.4 Å². The van der Waals surface area contributed by atoms with E-state index in [4.69, 9.17) is 10.5 Å². The number of ether oxygens (including phenoxy) is 1. The van der Waals surface area contributed by atoms with E-state index in [-0.39, 0.29) is 17.2 Å². The quantitative estimate of drug-likeness (QED) is 0.857. The van der Waals surface area contributed by atoms with Gasteiger partial charge >= 0.3 is 0 Å². The Morgan fingerprint density at radius 2 is 2.00 bits per heavy atom. The molecular weight excluding hydrogens is 262 g/mol. The lowest BCUT2D eigenvalue weighted by Crippen LogP contribution is -2.31. The normalized spacial score (nSPS) is 23.3. The monoisotopic (exact) mass is 285 g/mol. The summed E-state index contributed by atoms with van der Waals surface area (Å²) >= 11 is 0. The minimum absolute atomic E-state index is 0.114. The highest BCUT2D eigenvalue weighted by Gasteiger charge is 2.47. The highest BCUT2D eigenvalue weighted by atomic mass is 16.5. The lowest BCUT2D eigenvalue weighted by Gasteiger charge is -2.27. The van der Waals surface area contributed by atoms with Crippen molar-refractivity contribution >= 4 is 5.69 Å². The Hall–Kier alpha value is -1.81. The lowest BCUT2D eigenvalue weighted by molar-refractivity contribution is -0.0737. The van der Waals surface area contributed by atoms with Crippen molar-refractivity contribution in [2.24, 2.45) is 0 Å². The summed E-state index contributed by atoms with van der Waals surface area (Å²) in [5, 5.41) is 4.56. The number of anilines is 1. The van der Waals surface area contributed by atoms with Crippen LogP contribution >= 0.6 is 0 Å². The van der Waals surface area contributed by atoms with E-state index in [2.05, 4.69) is 45.1 Å². The summed E-state index contributed by atoms with van der Waals surface area (Å²) in [5.41, 5.74) is 8.47. The van der Waals surface area contributed by atoms with Crippen LogP contribution in [0, 0.1) is 0 Å². The molecule has 0 bridgehead atoms. The van der Waals surface area contributed by atoms with E-state index < -0.39 is 0 Å². The van der Waals surface area contributed by atoms with Gasteiger partial charge in [-0.2, -0.15) is 5.10 Å². The third-order valence-electron chi connectivity index (χ3n) is 4.17. The number of aromatic nitrogens is 2. The van der Waals surface area contributed by atoms with Gasteiger partial charge in [0.05, 0.1) is 23.4 Å². The van der Waals surface area contributed by atoms with Gasteiger partial charge < -0.3 is 10.5 Å². The Morgan fingerprint density at radius 1 is 1.24 bits per heavy atom. The summed E-state index contributed by atoms with van der Waals surface area (Å²) in [4.78, 5) is 0. The first-order valence-electron chi connectivity index (χ1n) is 7.37. The van der Waals surface area contributed by atoms with E-state index in [1.807, 2.05) is 29.1 Å². The second-order valence-electron chi connectivity index (χ2n) is 7.02. The highest BCUT2D eigenvalue weighted by Crippen LogP contribution is 2.44. The molecule has 2 aromatic rings. The molecule has 2 N–H and O–H groups in total. The zero-order valence-corrected chi connectivity index (χ0v) is 13.1. The predicted molar refractivity (Wildman–Crippen MR) is 85.0 cm³/mol. The summed E-state index contributed by atoms with van der Waals surface area (Å²) in [6.45, 7) is 8.54. The van der Waals surface area contributed by atoms with Gasteiger partial charge in [-0.1, -0.05) is 12.1 Å². The Balaban J connectivity index is 1.92. The van der Waals surface area contributed by atoms with Crippen molar-refractivity contribution in [2.45, 2.75) is 51.4 Å². The maximum absolute atomic E-state index is 6.16. The molecule has 1 atom stereocenters. The zero-order valence-electron chi connectivity index (χ0n) is 13.1. The van der Waals surface area contributed by atoms with E-state index >= 15 is 0 Å². The first kappa shape index (κ1) is 14.1. The Labute approximate surface area is 125 Å². The molecule has 0 saturated carbocycles. The molecule has 1 aliphatic heterocycles. The number of nitrogens with two attached hydrogens (primary N) is 1. The summed E-state index contributed by atoms with van der Waals surface area (Å²) in [6, 6.07) is 8.12. The standard InChI is InChI=1S/C17H23N3O/c1-16(2)9-15(17(3,4)21-16)20-11-13(10-19-20)12-6-5-7-14(18)8-12/h5-8,10-11,15H,9,18H2,1-4H3. The third-order valence-corrected chi connectivity index (χ3v) is 4.17. The molecule has 2 heterocycles. The molecule has 4 heteroatoms. The Morgan fingerprint density at radius 3 is 2.62 bits per heavy atom. The molecule has 0 aliphatic carbocycles. The lowest BCUT2D eigenvalue weighted by atomic mass is 9.94. The molecule has 21 heavy (non-hydrogen) atoms. The number of nitrogen functional groups attached to an aromatic ring is 1. The minimum Gasteiger partial charge on any atom is -0.399 e. The van der Waals surface area contributed by atoms with Crippen LogP contribution in [0.25, 0.3) is 11.1 Å². The van der Waals surface area contributed by atoms with Gasteiger partial charge in [0.1, 0.15) is 0 Å². The van der Waals surface area contributed by atoms with Gasteiger partial charge in [-0.25, -0.2) is 0 Å². The molecule has 1 aromatic carbocycles. The summed E-state index contributed by atoms with van der Waals surface area (Å²) < 4.78 is 8.19. The average molecular weight is 285 g/mol. The number of hydrogen-bond donors (Lipinski definition) is 1. The maximum atomic E-state index is 6.16. The van der Waals surface area contributed by atoms with Crippen molar-refractivity contribution in [3.63, 3.8) is 0 Å². The topological polar surface area (TPSA) is 53.1 Å². The van der Waals surface area contributed by atoms with Gasteiger partial charge in [0.15, 0.2) is 0 Å². The molecule has 4 nitrogen and oxygen atoms in total. The Kier molecular flexibility index (Phi) is 3.10. The van der Waals surface area contributed by atoms with Crippen LogP contribution in [0.5, 0.6) is 0 Å². The number of benzene rings is 1.